The van der Waals surface area contributed by atoms with E-state index in [1.165, 1.54) is 11.8 Å². The second kappa shape index (κ2) is 8.55. The van der Waals surface area contributed by atoms with Gasteiger partial charge >= 0.3 is 0 Å². The van der Waals surface area contributed by atoms with Crippen LogP contribution in [0.5, 0.6) is 5.75 Å². The van der Waals surface area contributed by atoms with Gasteiger partial charge in [-0.15, -0.1) is 0 Å². The first kappa shape index (κ1) is 21.7. The largest absolute Gasteiger partial charge is 0.497 e. The lowest BCUT2D eigenvalue weighted by atomic mass is 10.1. The second-order valence-electron chi connectivity index (χ2n) is 7.92. The quantitative estimate of drug-likeness (QED) is 0.740. The fourth-order valence-electron chi connectivity index (χ4n) is 3.89. The van der Waals surface area contributed by atoms with Gasteiger partial charge in [0.15, 0.2) is 15.0 Å². The molecule has 2 aromatic rings. The van der Waals surface area contributed by atoms with Crippen molar-refractivity contribution >= 4 is 44.0 Å². The van der Waals surface area contributed by atoms with E-state index in [0.717, 1.165) is 16.8 Å². The van der Waals surface area contributed by atoms with Crippen LogP contribution in [-0.2, 0) is 14.6 Å². The van der Waals surface area contributed by atoms with E-state index in [2.05, 4.69) is 11.4 Å². The summed E-state index contributed by atoms with van der Waals surface area (Å²) in [5, 5.41) is 3.51. The molecule has 164 valence electrons. The molecule has 9 heteroatoms. The Morgan fingerprint density at radius 2 is 1.94 bits per heavy atom. The van der Waals surface area contributed by atoms with Crippen LogP contribution in [0.1, 0.15) is 11.1 Å². The Morgan fingerprint density at radius 1 is 1.19 bits per heavy atom. The summed E-state index contributed by atoms with van der Waals surface area (Å²) in [6.07, 6.45) is 0. The minimum Gasteiger partial charge on any atom is -0.497 e. The van der Waals surface area contributed by atoms with Gasteiger partial charge in [-0.05, 0) is 49.2 Å². The van der Waals surface area contributed by atoms with Crippen molar-refractivity contribution < 1.29 is 17.9 Å². The number of carbonyl (C=O) groups excluding carboxylic acids is 1. The smallest absolute Gasteiger partial charge is 0.244 e. The Hall–Kier alpha value is -2.52. The van der Waals surface area contributed by atoms with Crippen LogP contribution in [0.4, 0.5) is 11.4 Å². The third kappa shape index (κ3) is 5.04. The third-order valence-corrected chi connectivity index (χ3v) is 8.46. The topological polar surface area (TPSA) is 88.1 Å². The zero-order valence-corrected chi connectivity index (χ0v) is 19.3. The number of methoxy groups -OCH3 is 1. The van der Waals surface area contributed by atoms with E-state index in [4.69, 9.17) is 9.73 Å². The first-order chi connectivity index (χ1) is 14.7. The normalized spacial score (nSPS) is 21.3. The first-order valence-electron chi connectivity index (χ1n) is 9.97. The molecule has 1 fully saturated rings. The van der Waals surface area contributed by atoms with Crippen molar-refractivity contribution in [1.29, 1.82) is 0 Å². The van der Waals surface area contributed by atoms with E-state index in [9.17, 15) is 13.2 Å². The molecule has 2 heterocycles. The molecule has 2 aromatic carbocycles. The van der Waals surface area contributed by atoms with Crippen molar-refractivity contribution in [3.05, 3.63) is 53.6 Å². The summed E-state index contributed by atoms with van der Waals surface area (Å²) in [7, 11) is -1.46. The Balaban J connectivity index is 1.59. The number of fused-ring (bicyclic) bond motifs is 1. The number of amidine groups is 1. The molecule has 4 rings (SSSR count). The molecule has 0 spiro atoms. The summed E-state index contributed by atoms with van der Waals surface area (Å²) < 4.78 is 29.1. The molecule has 2 unspecified atom stereocenters. The van der Waals surface area contributed by atoms with Gasteiger partial charge in [0.2, 0.25) is 5.91 Å². The number of thioether (sulfide) groups is 1. The highest BCUT2D eigenvalue weighted by molar-refractivity contribution is 8.15. The average molecular weight is 460 g/mol. The molecular formula is C22H25N3O4S2. The van der Waals surface area contributed by atoms with Gasteiger partial charge in [0, 0.05) is 22.7 Å². The van der Waals surface area contributed by atoms with Crippen LogP contribution in [0.25, 0.3) is 0 Å². The molecular weight excluding hydrogens is 434 g/mol. The molecule has 2 aliphatic heterocycles. The van der Waals surface area contributed by atoms with Gasteiger partial charge in [-0.25, -0.2) is 8.42 Å². The highest BCUT2D eigenvalue weighted by atomic mass is 32.2. The Kier molecular flexibility index (Phi) is 5.98. The van der Waals surface area contributed by atoms with Crippen molar-refractivity contribution in [3.63, 3.8) is 0 Å². The fourth-order valence-corrected chi connectivity index (χ4v) is 7.67. The summed E-state index contributed by atoms with van der Waals surface area (Å²) in [5.41, 5.74) is 3.68. The highest BCUT2D eigenvalue weighted by Crippen LogP contribution is 2.37. The van der Waals surface area contributed by atoms with Gasteiger partial charge in [0.1, 0.15) is 12.3 Å². The van der Waals surface area contributed by atoms with Crippen LogP contribution < -0.4 is 15.0 Å². The molecule has 2 aliphatic rings. The predicted octanol–water partition coefficient (Wildman–Crippen LogP) is 3.03. The zero-order valence-electron chi connectivity index (χ0n) is 17.7. The van der Waals surface area contributed by atoms with Crippen LogP contribution in [0.3, 0.4) is 0 Å². The second-order valence-corrected chi connectivity index (χ2v) is 11.3. The van der Waals surface area contributed by atoms with E-state index in [-0.39, 0.29) is 35.2 Å². The number of nitrogens with zero attached hydrogens (tertiary/aromatic N) is 2. The van der Waals surface area contributed by atoms with Crippen LogP contribution in [0, 0.1) is 13.8 Å². The van der Waals surface area contributed by atoms with Crippen LogP contribution in [-0.4, -0.2) is 55.9 Å². The van der Waals surface area contributed by atoms with Crippen molar-refractivity contribution in [1.82, 2.24) is 0 Å². The van der Waals surface area contributed by atoms with Gasteiger partial charge < -0.3 is 15.0 Å². The number of hydrogen-bond acceptors (Lipinski definition) is 7. The van der Waals surface area contributed by atoms with Crippen molar-refractivity contribution in [2.24, 2.45) is 4.99 Å². The van der Waals surface area contributed by atoms with Gasteiger partial charge in [-0.2, -0.15) is 0 Å². The van der Waals surface area contributed by atoms with E-state index >= 15 is 0 Å². The van der Waals surface area contributed by atoms with Crippen LogP contribution in [0.15, 0.2) is 47.5 Å². The molecule has 0 saturated carbocycles. The summed E-state index contributed by atoms with van der Waals surface area (Å²) in [6, 6.07) is 13.0. The predicted molar refractivity (Wildman–Crippen MR) is 126 cm³/mol. The van der Waals surface area contributed by atoms with E-state index in [1.807, 2.05) is 43.0 Å². The molecule has 0 aliphatic carbocycles. The molecule has 0 radical (unpaired) electrons. The van der Waals surface area contributed by atoms with Crippen molar-refractivity contribution in [3.8, 4) is 5.75 Å². The number of ether oxygens (including phenoxy) is 1. The van der Waals surface area contributed by atoms with Crippen LogP contribution in [0.2, 0.25) is 0 Å². The summed E-state index contributed by atoms with van der Waals surface area (Å²) in [4.78, 5) is 19.5. The zero-order chi connectivity index (χ0) is 22.2. The van der Waals surface area contributed by atoms with Gasteiger partial charge in [0.25, 0.3) is 0 Å². The maximum Gasteiger partial charge on any atom is 0.244 e. The number of benzene rings is 2. The van der Waals surface area contributed by atoms with E-state index < -0.39 is 9.84 Å². The molecule has 1 saturated heterocycles. The first-order valence-corrected chi connectivity index (χ1v) is 12.7. The number of nitrogens with one attached hydrogen (secondary N) is 1. The third-order valence-electron chi connectivity index (χ3n) is 5.21. The Labute approximate surface area is 186 Å². The summed E-state index contributed by atoms with van der Waals surface area (Å²) in [6.45, 7) is 4.09. The van der Waals surface area contributed by atoms with Gasteiger partial charge in [-0.3, -0.25) is 9.79 Å². The van der Waals surface area contributed by atoms with Crippen molar-refractivity contribution in [2.45, 2.75) is 25.1 Å². The lowest BCUT2D eigenvalue weighted by molar-refractivity contribution is -0.114. The Bertz CT molecular complexity index is 1130. The molecule has 1 amide bonds. The summed E-state index contributed by atoms with van der Waals surface area (Å²) in [5.74, 6) is 0.672. The maximum absolute atomic E-state index is 12.9. The molecule has 1 N–H and O–H groups in total. The lowest BCUT2D eigenvalue weighted by Gasteiger charge is -2.25. The SMILES string of the molecule is COc1cccc(NC(=O)CN(C2=NC3CS(=O)(=O)CC3S2)c2cc(C)cc(C)c2)c1. The number of carbonyl (C=O) groups is 1. The fraction of sp³-hybridized carbons (Fsp3) is 0.364. The highest BCUT2D eigenvalue weighted by Gasteiger charge is 2.44. The molecule has 7 nitrogen and oxygen atoms in total. The standard InChI is InChI=1S/C22H25N3O4S2/c1-14-7-15(2)9-17(8-14)25(22-24-19-12-31(27,28)13-20(19)30-22)11-21(26)23-16-5-4-6-18(10-16)29-3/h4-10,19-20H,11-13H2,1-3H3,(H,23,26). The van der Waals surface area contributed by atoms with E-state index in [0.29, 0.717) is 16.6 Å². The summed E-state index contributed by atoms with van der Waals surface area (Å²) >= 11 is 1.45. The molecule has 0 bridgehead atoms. The number of hydrogen-bond donors (Lipinski definition) is 1. The Morgan fingerprint density at radius 3 is 2.61 bits per heavy atom. The van der Waals surface area contributed by atoms with Gasteiger partial charge in [0.05, 0.1) is 24.7 Å². The molecule has 31 heavy (non-hydrogen) atoms. The van der Waals surface area contributed by atoms with Crippen molar-refractivity contribution in [2.75, 3.05) is 35.4 Å². The van der Waals surface area contributed by atoms with Gasteiger partial charge in [-0.1, -0.05) is 23.9 Å². The minimum atomic E-state index is -3.04. The minimum absolute atomic E-state index is 0.0676. The van der Waals surface area contributed by atoms with E-state index in [1.54, 1.807) is 19.2 Å². The molecule has 2 atom stereocenters. The number of sulfone groups is 1. The van der Waals surface area contributed by atoms with Crippen LogP contribution >= 0.6 is 11.8 Å². The lowest BCUT2D eigenvalue weighted by Crippen LogP contribution is -2.36. The number of aryl methyl sites for hydroxylation is 2. The number of anilines is 2. The average Bonchev–Trinajstić information content (AvgIpc) is 3.18. The number of rotatable bonds is 5. The maximum atomic E-state index is 12.9. The monoisotopic (exact) mass is 459 g/mol. The number of aliphatic imine (C=N–C) groups is 1. The number of amides is 1. The molecule has 0 aromatic heterocycles.